The minimum Gasteiger partial charge on any atom is -0.326 e. The summed E-state index contributed by atoms with van der Waals surface area (Å²) >= 11 is 0. The number of carbonyl (C=O) groups is 1. The molecule has 0 bridgehead atoms. The first-order valence-electron chi connectivity index (χ1n) is 8.63. The van der Waals surface area contributed by atoms with Gasteiger partial charge in [0.05, 0.1) is 6.54 Å². The number of anilines is 1. The highest BCUT2D eigenvalue weighted by molar-refractivity contribution is 5.91. The third-order valence-corrected chi connectivity index (χ3v) is 4.79. The van der Waals surface area contributed by atoms with Crippen molar-refractivity contribution in [3.05, 3.63) is 42.5 Å². The monoisotopic (exact) mass is 327 g/mol. The first kappa shape index (κ1) is 16.6. The van der Waals surface area contributed by atoms with Gasteiger partial charge < -0.3 is 10.6 Å². The Morgan fingerprint density at radius 2 is 2.17 bits per heavy atom. The van der Waals surface area contributed by atoms with E-state index in [1.54, 1.807) is 11.0 Å². The molecule has 1 aromatic carbocycles. The second kappa shape index (κ2) is 8.06. The van der Waals surface area contributed by atoms with Crippen LogP contribution in [0.4, 0.5) is 5.69 Å². The van der Waals surface area contributed by atoms with Crippen molar-refractivity contribution in [1.82, 2.24) is 20.1 Å². The van der Waals surface area contributed by atoms with Crippen molar-refractivity contribution in [2.24, 2.45) is 11.8 Å². The molecule has 1 unspecified atom stereocenters. The average molecular weight is 327 g/mol. The third-order valence-electron chi connectivity index (χ3n) is 4.79. The molecule has 0 radical (unpaired) electrons. The van der Waals surface area contributed by atoms with Gasteiger partial charge in [0.2, 0.25) is 5.91 Å². The Balaban J connectivity index is 1.59. The van der Waals surface area contributed by atoms with Crippen LogP contribution in [-0.4, -0.2) is 33.8 Å². The van der Waals surface area contributed by atoms with Crippen LogP contribution in [0.2, 0.25) is 0 Å². The van der Waals surface area contributed by atoms with Crippen LogP contribution in [0.1, 0.15) is 31.7 Å². The molecule has 0 saturated carbocycles. The quantitative estimate of drug-likeness (QED) is 0.854. The number of nitrogens with one attached hydrogen (secondary N) is 2. The van der Waals surface area contributed by atoms with E-state index in [9.17, 15) is 4.79 Å². The molecule has 0 spiro atoms. The molecule has 0 aliphatic carbocycles. The highest BCUT2D eigenvalue weighted by atomic mass is 16.1. The Morgan fingerprint density at radius 3 is 2.92 bits per heavy atom. The lowest BCUT2D eigenvalue weighted by atomic mass is 9.84. The van der Waals surface area contributed by atoms with Crippen molar-refractivity contribution in [1.29, 1.82) is 0 Å². The number of aromatic nitrogens is 3. The van der Waals surface area contributed by atoms with Gasteiger partial charge in [-0.05, 0) is 49.4 Å². The number of hydrogen-bond donors (Lipinski definition) is 2. The lowest BCUT2D eigenvalue weighted by Gasteiger charge is -2.28. The van der Waals surface area contributed by atoms with Gasteiger partial charge in [-0.3, -0.25) is 4.79 Å². The zero-order valence-corrected chi connectivity index (χ0v) is 14.1. The topological polar surface area (TPSA) is 71.8 Å². The van der Waals surface area contributed by atoms with Crippen LogP contribution in [0.3, 0.4) is 0 Å². The summed E-state index contributed by atoms with van der Waals surface area (Å²) in [5.74, 6) is 1.14. The number of carbonyl (C=O) groups excluding carboxylic acids is 1. The van der Waals surface area contributed by atoms with Crippen LogP contribution >= 0.6 is 0 Å². The molecule has 1 fully saturated rings. The first-order valence-corrected chi connectivity index (χ1v) is 8.63. The fraction of sp³-hybridized carbons (Fsp3) is 0.500. The summed E-state index contributed by atoms with van der Waals surface area (Å²) in [6, 6.07) is 7.86. The predicted octanol–water partition coefficient (Wildman–Crippen LogP) is 2.29. The van der Waals surface area contributed by atoms with Crippen molar-refractivity contribution in [2.45, 2.75) is 32.7 Å². The van der Waals surface area contributed by atoms with Gasteiger partial charge in [-0.1, -0.05) is 25.1 Å². The highest BCUT2D eigenvalue weighted by Gasteiger charge is 2.22. The Morgan fingerprint density at radius 1 is 1.38 bits per heavy atom. The molecule has 24 heavy (non-hydrogen) atoms. The number of amides is 1. The summed E-state index contributed by atoms with van der Waals surface area (Å²) in [7, 11) is 0. The van der Waals surface area contributed by atoms with E-state index in [4.69, 9.17) is 0 Å². The second-order valence-electron chi connectivity index (χ2n) is 6.57. The highest BCUT2D eigenvalue weighted by Crippen LogP contribution is 2.25. The molecule has 1 saturated heterocycles. The van der Waals surface area contributed by atoms with E-state index in [-0.39, 0.29) is 5.91 Å². The van der Waals surface area contributed by atoms with Gasteiger partial charge in [-0.2, -0.15) is 5.10 Å². The maximum absolute atomic E-state index is 12.5. The first-order chi connectivity index (χ1) is 11.7. The smallest absolute Gasteiger partial charge is 0.224 e. The van der Waals surface area contributed by atoms with Crippen molar-refractivity contribution in [2.75, 3.05) is 18.4 Å². The van der Waals surface area contributed by atoms with Crippen LogP contribution in [0, 0.1) is 11.8 Å². The number of benzene rings is 1. The summed E-state index contributed by atoms with van der Waals surface area (Å²) in [6.45, 7) is 4.92. The summed E-state index contributed by atoms with van der Waals surface area (Å²) in [4.78, 5) is 16.4. The minimum absolute atomic E-state index is 0.0899. The molecule has 2 N–H and O–H groups in total. The lowest BCUT2D eigenvalue weighted by molar-refractivity contribution is -0.117. The number of rotatable bonds is 6. The summed E-state index contributed by atoms with van der Waals surface area (Å²) in [5.41, 5.74) is 1.89. The zero-order valence-electron chi connectivity index (χ0n) is 14.1. The molecule has 1 aromatic heterocycles. The van der Waals surface area contributed by atoms with Crippen LogP contribution in [0.5, 0.6) is 0 Å². The van der Waals surface area contributed by atoms with Gasteiger partial charge in [0.15, 0.2) is 0 Å². The van der Waals surface area contributed by atoms with Gasteiger partial charge in [0, 0.05) is 12.1 Å². The number of nitrogens with zero attached hydrogens (tertiary/aromatic N) is 3. The Kier molecular flexibility index (Phi) is 5.59. The average Bonchev–Trinajstić information content (AvgIpc) is 3.10. The van der Waals surface area contributed by atoms with Gasteiger partial charge in [-0.15, -0.1) is 0 Å². The maximum Gasteiger partial charge on any atom is 0.224 e. The molecule has 2 aromatic rings. The van der Waals surface area contributed by atoms with Crippen molar-refractivity contribution in [3.63, 3.8) is 0 Å². The van der Waals surface area contributed by atoms with E-state index >= 15 is 0 Å². The Bertz CT molecular complexity index is 649. The van der Waals surface area contributed by atoms with Crippen LogP contribution < -0.4 is 10.6 Å². The van der Waals surface area contributed by atoms with Crippen molar-refractivity contribution in [3.8, 4) is 0 Å². The minimum atomic E-state index is 0.0899. The van der Waals surface area contributed by atoms with Gasteiger partial charge in [0.1, 0.15) is 12.7 Å². The van der Waals surface area contributed by atoms with E-state index in [1.807, 2.05) is 24.3 Å². The molecule has 6 heteroatoms. The van der Waals surface area contributed by atoms with E-state index in [2.05, 4.69) is 27.6 Å². The van der Waals surface area contributed by atoms with E-state index in [0.29, 0.717) is 24.8 Å². The molecular formula is C18H25N5O. The van der Waals surface area contributed by atoms with Crippen LogP contribution in [0.25, 0.3) is 0 Å². The summed E-state index contributed by atoms with van der Waals surface area (Å²) in [6.07, 6.45) is 6.09. The van der Waals surface area contributed by atoms with Gasteiger partial charge >= 0.3 is 0 Å². The SMILES string of the molecule is CC(CC(=O)Nc1ccccc1Cn1cncn1)C1CCNCC1. The number of para-hydroxylation sites is 1. The molecular weight excluding hydrogens is 302 g/mol. The normalized spacial score (nSPS) is 16.7. The largest absolute Gasteiger partial charge is 0.326 e. The fourth-order valence-electron chi connectivity index (χ4n) is 3.34. The molecule has 1 amide bonds. The van der Waals surface area contributed by atoms with Crippen LogP contribution in [0.15, 0.2) is 36.9 Å². The molecule has 1 atom stereocenters. The Labute approximate surface area is 142 Å². The van der Waals surface area contributed by atoms with Crippen LogP contribution in [-0.2, 0) is 11.3 Å². The summed E-state index contributed by atoms with van der Waals surface area (Å²) in [5, 5.41) is 10.6. The number of hydrogen-bond acceptors (Lipinski definition) is 4. The molecule has 1 aliphatic rings. The predicted molar refractivity (Wildman–Crippen MR) is 93.6 cm³/mol. The third kappa shape index (κ3) is 4.41. The van der Waals surface area contributed by atoms with Gasteiger partial charge in [-0.25, -0.2) is 9.67 Å². The second-order valence-corrected chi connectivity index (χ2v) is 6.57. The van der Waals surface area contributed by atoms with E-state index in [0.717, 1.165) is 37.2 Å². The molecule has 3 rings (SSSR count). The standard InChI is InChI=1S/C18H25N5O/c1-14(15-6-8-19-9-7-15)10-18(24)22-17-5-3-2-4-16(17)11-23-13-20-12-21-23/h2-5,12-15,19H,6-11H2,1H3,(H,22,24). The molecule has 1 aliphatic heterocycles. The lowest BCUT2D eigenvalue weighted by Crippen LogP contribution is -2.32. The molecule has 2 heterocycles. The Hall–Kier alpha value is -2.21. The molecule has 6 nitrogen and oxygen atoms in total. The maximum atomic E-state index is 12.5. The van der Waals surface area contributed by atoms with E-state index < -0.39 is 0 Å². The number of piperidine rings is 1. The molecule has 128 valence electrons. The van der Waals surface area contributed by atoms with Crippen molar-refractivity contribution < 1.29 is 4.79 Å². The van der Waals surface area contributed by atoms with E-state index in [1.165, 1.54) is 6.33 Å². The van der Waals surface area contributed by atoms with Gasteiger partial charge in [0.25, 0.3) is 0 Å². The fourth-order valence-corrected chi connectivity index (χ4v) is 3.34. The van der Waals surface area contributed by atoms with Crippen molar-refractivity contribution >= 4 is 11.6 Å². The summed E-state index contributed by atoms with van der Waals surface area (Å²) < 4.78 is 1.75. The zero-order chi connectivity index (χ0) is 16.8.